The number of nitro groups is 2. The second kappa shape index (κ2) is 7.44. The lowest BCUT2D eigenvalue weighted by Gasteiger charge is -2.22. The van der Waals surface area contributed by atoms with E-state index >= 15 is 0 Å². The van der Waals surface area contributed by atoms with E-state index in [9.17, 15) is 25.0 Å². The third-order valence-corrected chi connectivity index (χ3v) is 3.87. The van der Waals surface area contributed by atoms with Gasteiger partial charge in [0.25, 0.3) is 17.3 Å². The number of carbonyl (C=O) groups excluding carboxylic acids is 1. The zero-order chi connectivity index (χ0) is 19.4. The zero-order valence-electron chi connectivity index (χ0n) is 13.9. The molecule has 1 amide bonds. The van der Waals surface area contributed by atoms with Crippen LogP contribution in [-0.4, -0.2) is 15.8 Å². The Morgan fingerprint density at radius 1 is 0.704 bits per heavy atom. The van der Waals surface area contributed by atoms with Crippen molar-refractivity contribution in [2.75, 3.05) is 4.90 Å². The summed E-state index contributed by atoms with van der Waals surface area (Å²) in [6.07, 6.45) is 0. The van der Waals surface area contributed by atoms with Crippen LogP contribution in [0.15, 0.2) is 78.9 Å². The quantitative estimate of drug-likeness (QED) is 0.490. The number of amides is 1. The van der Waals surface area contributed by atoms with E-state index in [0.29, 0.717) is 5.69 Å². The number of hydrogen-bond acceptors (Lipinski definition) is 5. The average molecular weight is 363 g/mol. The van der Waals surface area contributed by atoms with Gasteiger partial charge in [0, 0.05) is 17.8 Å². The molecule has 0 unspecified atom stereocenters. The number of carbonyl (C=O) groups is 1. The Balaban J connectivity index is 2.23. The predicted molar refractivity (Wildman–Crippen MR) is 99.1 cm³/mol. The van der Waals surface area contributed by atoms with Gasteiger partial charge in [-0.05, 0) is 24.3 Å². The molecule has 0 saturated heterocycles. The SMILES string of the molecule is O=C(c1ccccc1[N+](=O)[O-])N(c1ccccc1)c1ccccc1[N+](=O)[O-]. The van der Waals surface area contributed by atoms with Crippen LogP contribution in [0.5, 0.6) is 0 Å². The fourth-order valence-electron chi connectivity index (χ4n) is 2.68. The Morgan fingerprint density at radius 3 is 1.85 bits per heavy atom. The van der Waals surface area contributed by atoms with Crippen LogP contribution in [-0.2, 0) is 0 Å². The van der Waals surface area contributed by atoms with Gasteiger partial charge in [0.2, 0.25) is 0 Å². The van der Waals surface area contributed by atoms with Crippen LogP contribution in [0.2, 0.25) is 0 Å². The van der Waals surface area contributed by atoms with Crippen LogP contribution in [0.4, 0.5) is 22.7 Å². The van der Waals surface area contributed by atoms with Crippen LogP contribution in [0.1, 0.15) is 10.4 Å². The molecule has 0 aliphatic heterocycles. The second-order valence-electron chi connectivity index (χ2n) is 5.50. The summed E-state index contributed by atoms with van der Waals surface area (Å²) in [7, 11) is 0. The molecule has 0 N–H and O–H groups in total. The van der Waals surface area contributed by atoms with Crippen molar-refractivity contribution in [3.05, 3.63) is 105 Å². The van der Waals surface area contributed by atoms with Gasteiger partial charge in [-0.3, -0.25) is 29.9 Å². The molecule has 0 aliphatic rings. The molecule has 0 fully saturated rings. The Labute approximate surface area is 153 Å². The maximum Gasteiger partial charge on any atom is 0.293 e. The summed E-state index contributed by atoms with van der Waals surface area (Å²) in [5, 5.41) is 22.8. The Morgan fingerprint density at radius 2 is 1.22 bits per heavy atom. The molecule has 0 saturated carbocycles. The molecule has 0 radical (unpaired) electrons. The first kappa shape index (κ1) is 17.7. The molecule has 3 aromatic carbocycles. The summed E-state index contributed by atoms with van der Waals surface area (Å²) in [6, 6.07) is 19.5. The summed E-state index contributed by atoms with van der Waals surface area (Å²) in [5.74, 6) is -0.734. The standard InChI is InChI=1S/C19H13N3O5/c23-19(15-10-4-5-11-16(15)21(24)25)20(14-8-2-1-3-9-14)17-12-6-7-13-18(17)22(26)27/h1-13H. The average Bonchev–Trinajstić information content (AvgIpc) is 2.69. The van der Waals surface area contributed by atoms with Gasteiger partial charge in [-0.1, -0.05) is 42.5 Å². The molecule has 8 heteroatoms. The van der Waals surface area contributed by atoms with Crippen molar-refractivity contribution in [2.24, 2.45) is 0 Å². The maximum atomic E-state index is 13.2. The van der Waals surface area contributed by atoms with Crippen LogP contribution in [0.25, 0.3) is 0 Å². The molecule has 8 nitrogen and oxygen atoms in total. The van der Waals surface area contributed by atoms with E-state index in [-0.39, 0.29) is 22.6 Å². The van der Waals surface area contributed by atoms with Gasteiger partial charge in [0.05, 0.1) is 9.85 Å². The predicted octanol–water partition coefficient (Wildman–Crippen LogP) is 4.48. The highest BCUT2D eigenvalue weighted by atomic mass is 16.6. The van der Waals surface area contributed by atoms with Gasteiger partial charge in [0.15, 0.2) is 0 Å². The summed E-state index contributed by atoms with van der Waals surface area (Å²) in [6.45, 7) is 0. The van der Waals surface area contributed by atoms with Crippen molar-refractivity contribution in [1.29, 1.82) is 0 Å². The van der Waals surface area contributed by atoms with Gasteiger partial charge < -0.3 is 0 Å². The number of nitrogens with zero attached hydrogens (tertiary/aromatic N) is 3. The summed E-state index contributed by atoms with van der Waals surface area (Å²) in [5.41, 5.74) is -0.438. The summed E-state index contributed by atoms with van der Waals surface area (Å²) < 4.78 is 0. The molecular weight excluding hydrogens is 350 g/mol. The molecule has 0 aliphatic carbocycles. The number of benzene rings is 3. The van der Waals surface area contributed by atoms with E-state index < -0.39 is 15.8 Å². The molecule has 3 aromatic rings. The lowest BCUT2D eigenvalue weighted by Crippen LogP contribution is -2.27. The molecule has 0 bridgehead atoms. The lowest BCUT2D eigenvalue weighted by atomic mass is 10.1. The molecule has 27 heavy (non-hydrogen) atoms. The topological polar surface area (TPSA) is 107 Å². The van der Waals surface area contributed by atoms with Crippen LogP contribution in [0, 0.1) is 20.2 Å². The minimum atomic E-state index is -0.734. The van der Waals surface area contributed by atoms with Crippen molar-refractivity contribution < 1.29 is 14.6 Å². The third-order valence-electron chi connectivity index (χ3n) is 3.87. The van der Waals surface area contributed by atoms with E-state index in [1.165, 1.54) is 42.5 Å². The molecule has 0 aromatic heterocycles. The maximum absolute atomic E-state index is 13.2. The van der Waals surface area contributed by atoms with Crippen LogP contribution >= 0.6 is 0 Å². The Bertz CT molecular complexity index is 1020. The van der Waals surface area contributed by atoms with E-state index in [4.69, 9.17) is 0 Å². The number of hydrogen-bond donors (Lipinski definition) is 0. The number of para-hydroxylation sites is 4. The number of anilines is 2. The smallest absolute Gasteiger partial charge is 0.270 e. The highest BCUT2D eigenvalue weighted by Crippen LogP contribution is 2.35. The monoisotopic (exact) mass is 363 g/mol. The molecule has 0 atom stereocenters. The largest absolute Gasteiger partial charge is 0.293 e. The normalized spacial score (nSPS) is 10.2. The summed E-state index contributed by atoms with van der Waals surface area (Å²) in [4.78, 5) is 35.9. The van der Waals surface area contributed by atoms with Crippen LogP contribution in [0.3, 0.4) is 0 Å². The van der Waals surface area contributed by atoms with Gasteiger partial charge >= 0.3 is 0 Å². The van der Waals surface area contributed by atoms with E-state index in [0.717, 1.165) is 4.90 Å². The minimum Gasteiger partial charge on any atom is -0.270 e. The van der Waals surface area contributed by atoms with Crippen molar-refractivity contribution in [1.82, 2.24) is 0 Å². The highest BCUT2D eigenvalue weighted by Gasteiger charge is 2.30. The first-order valence-corrected chi connectivity index (χ1v) is 7.87. The van der Waals surface area contributed by atoms with E-state index in [1.807, 2.05) is 0 Å². The first-order chi connectivity index (χ1) is 13.0. The molecule has 3 rings (SSSR count). The highest BCUT2D eigenvalue weighted by molar-refractivity contribution is 6.14. The Hall–Kier alpha value is -4.07. The van der Waals surface area contributed by atoms with Crippen molar-refractivity contribution in [3.63, 3.8) is 0 Å². The zero-order valence-corrected chi connectivity index (χ0v) is 13.9. The first-order valence-electron chi connectivity index (χ1n) is 7.87. The van der Waals surface area contributed by atoms with E-state index in [2.05, 4.69) is 0 Å². The molecular formula is C19H13N3O5. The third kappa shape index (κ3) is 3.49. The second-order valence-corrected chi connectivity index (χ2v) is 5.50. The number of rotatable bonds is 5. The fourth-order valence-corrected chi connectivity index (χ4v) is 2.68. The Kier molecular flexibility index (Phi) is 4.89. The van der Waals surface area contributed by atoms with Crippen molar-refractivity contribution in [3.8, 4) is 0 Å². The van der Waals surface area contributed by atoms with Gasteiger partial charge in [-0.15, -0.1) is 0 Å². The number of nitro benzene ring substituents is 2. The van der Waals surface area contributed by atoms with Crippen molar-refractivity contribution in [2.45, 2.75) is 0 Å². The minimum absolute atomic E-state index is 0.0249. The lowest BCUT2D eigenvalue weighted by molar-refractivity contribution is -0.385. The molecule has 0 heterocycles. The van der Waals surface area contributed by atoms with E-state index in [1.54, 1.807) is 36.4 Å². The van der Waals surface area contributed by atoms with Gasteiger partial charge in [-0.2, -0.15) is 0 Å². The summed E-state index contributed by atoms with van der Waals surface area (Å²) >= 11 is 0. The van der Waals surface area contributed by atoms with Crippen LogP contribution < -0.4 is 4.90 Å². The fraction of sp³-hybridized carbons (Fsp3) is 0. The molecule has 134 valence electrons. The molecule has 0 spiro atoms. The van der Waals surface area contributed by atoms with Gasteiger partial charge in [0.1, 0.15) is 11.3 Å². The van der Waals surface area contributed by atoms with Gasteiger partial charge in [-0.25, -0.2) is 0 Å². The van der Waals surface area contributed by atoms with Crippen molar-refractivity contribution >= 4 is 28.7 Å².